The Labute approximate surface area is 251 Å². The zero-order valence-corrected chi connectivity index (χ0v) is 23.6. The first-order chi connectivity index (χ1) is 21.1. The summed E-state index contributed by atoms with van der Waals surface area (Å²) in [6.07, 6.45) is -1.52. The summed E-state index contributed by atoms with van der Waals surface area (Å²) in [7, 11) is 0. The maximum Gasteiger partial charge on any atom is 0.308 e. The highest BCUT2D eigenvalue weighted by molar-refractivity contribution is 5.93. The van der Waals surface area contributed by atoms with Crippen molar-refractivity contribution in [1.29, 1.82) is 0 Å². The first kappa shape index (κ1) is 32.6. The number of nitrogens with zero attached hydrogens (tertiary/aromatic N) is 2. The smallest absolute Gasteiger partial charge is 0.308 e. The van der Waals surface area contributed by atoms with Gasteiger partial charge in [0, 0.05) is 32.2 Å². The van der Waals surface area contributed by atoms with E-state index in [9.17, 15) is 37.1 Å². The van der Waals surface area contributed by atoms with Crippen LogP contribution in [-0.4, -0.2) is 77.6 Å². The Bertz CT molecular complexity index is 1420. The summed E-state index contributed by atoms with van der Waals surface area (Å²) < 4.78 is 65.1. The number of aliphatic hydroxyl groups is 1. The third-order valence-electron chi connectivity index (χ3n) is 6.91. The minimum absolute atomic E-state index is 0.0104. The molecule has 9 nitrogen and oxygen atoms in total. The number of Topliss-reactive ketones (excluding diaryl/α,β-unsaturated/α-hetero) is 1. The number of hydrogen-bond acceptors (Lipinski definition) is 8. The Hall–Kier alpha value is -4.33. The van der Waals surface area contributed by atoms with Crippen molar-refractivity contribution in [2.75, 3.05) is 32.8 Å². The van der Waals surface area contributed by atoms with Gasteiger partial charge in [-0.1, -0.05) is 60.7 Å². The lowest BCUT2D eigenvalue weighted by molar-refractivity contribution is -0.147. The second-order valence-corrected chi connectivity index (χ2v) is 10.2. The minimum atomic E-state index is -1.84. The number of amides is 1. The number of rotatable bonds is 13. The van der Waals surface area contributed by atoms with Gasteiger partial charge in [0.25, 0.3) is 0 Å². The number of carbonyl (C=O) groups is 3. The summed E-state index contributed by atoms with van der Waals surface area (Å²) in [6, 6.07) is 16.6. The lowest BCUT2D eigenvalue weighted by Gasteiger charge is -2.38. The van der Waals surface area contributed by atoms with Gasteiger partial charge in [0.05, 0.1) is 13.0 Å². The van der Waals surface area contributed by atoms with E-state index in [2.05, 4.69) is 5.32 Å². The first-order valence-corrected chi connectivity index (χ1v) is 13.8. The summed E-state index contributed by atoms with van der Waals surface area (Å²) >= 11 is 0. The van der Waals surface area contributed by atoms with Gasteiger partial charge in [-0.2, -0.15) is 8.78 Å². The Morgan fingerprint density at radius 1 is 0.909 bits per heavy atom. The highest BCUT2D eigenvalue weighted by Crippen LogP contribution is 2.26. The van der Waals surface area contributed by atoms with Crippen molar-refractivity contribution < 1.29 is 46.5 Å². The van der Waals surface area contributed by atoms with Crippen molar-refractivity contribution in [3.63, 3.8) is 0 Å². The number of carbonyl (C=O) groups excluding carboxylic acids is 3. The zero-order valence-electron chi connectivity index (χ0n) is 23.6. The summed E-state index contributed by atoms with van der Waals surface area (Å²) in [5.74, 6) is -11.2. The molecule has 0 bridgehead atoms. The van der Waals surface area contributed by atoms with E-state index in [1.807, 2.05) is 35.2 Å². The van der Waals surface area contributed by atoms with E-state index in [1.165, 1.54) is 0 Å². The Morgan fingerprint density at radius 3 is 2.14 bits per heavy atom. The standard InChI is InChI=1S/C31H31F4N3O6/c32-22-13-23(33)30(35)31(29(22)34)44-19-25(39)24(14-28(42)43-18-21-9-5-2-6-10-21)36-26(40)16-37-11-12-38(27(41)17-37)15-20-7-3-1-4-8-20/h1-10,13,24,27,41H,11-12,14-19H2,(H,36,40)/t24-,27?/m0/s1. The van der Waals surface area contributed by atoms with Crippen LogP contribution in [0.3, 0.4) is 0 Å². The highest BCUT2D eigenvalue weighted by atomic mass is 19.2. The van der Waals surface area contributed by atoms with Crippen LogP contribution in [0.5, 0.6) is 5.75 Å². The summed E-state index contributed by atoms with van der Waals surface area (Å²) in [5, 5.41) is 13.0. The highest BCUT2D eigenvalue weighted by Gasteiger charge is 2.30. The molecule has 3 aromatic carbocycles. The Kier molecular flexibility index (Phi) is 11.4. The molecule has 1 unspecified atom stereocenters. The minimum Gasteiger partial charge on any atom is -0.479 e. The monoisotopic (exact) mass is 617 g/mol. The summed E-state index contributed by atoms with van der Waals surface area (Å²) in [5.41, 5.74) is 1.68. The average molecular weight is 618 g/mol. The molecule has 44 heavy (non-hydrogen) atoms. The van der Waals surface area contributed by atoms with Crippen LogP contribution in [0.4, 0.5) is 17.6 Å². The number of piperazine rings is 1. The van der Waals surface area contributed by atoms with Crippen molar-refractivity contribution in [3.05, 3.63) is 101 Å². The van der Waals surface area contributed by atoms with Crippen LogP contribution in [0, 0.1) is 23.3 Å². The number of nitrogens with one attached hydrogen (secondary N) is 1. The van der Waals surface area contributed by atoms with E-state index < -0.39 is 72.0 Å². The molecule has 1 fully saturated rings. The van der Waals surface area contributed by atoms with E-state index in [0.29, 0.717) is 25.2 Å². The van der Waals surface area contributed by atoms with Gasteiger partial charge in [-0.3, -0.25) is 24.2 Å². The molecular weight excluding hydrogens is 586 g/mol. The maximum absolute atomic E-state index is 14.0. The molecular formula is C31H31F4N3O6. The van der Waals surface area contributed by atoms with E-state index in [0.717, 1.165) is 5.56 Å². The maximum atomic E-state index is 14.0. The SMILES string of the molecule is O=C(CN1CCN(Cc2ccccc2)C(O)C1)N[C@@H](CC(=O)OCc1ccccc1)C(=O)COc1c(F)c(F)cc(F)c1F. The van der Waals surface area contributed by atoms with Crippen LogP contribution in [0.2, 0.25) is 0 Å². The molecule has 3 aromatic rings. The molecule has 234 valence electrons. The molecule has 1 saturated heterocycles. The molecule has 1 aliphatic heterocycles. The molecule has 0 aromatic heterocycles. The number of esters is 1. The van der Waals surface area contributed by atoms with Gasteiger partial charge >= 0.3 is 5.97 Å². The fraction of sp³-hybridized carbons (Fsp3) is 0.323. The molecule has 4 rings (SSSR count). The summed E-state index contributed by atoms with van der Waals surface area (Å²) in [6.45, 7) is 0.0391. The molecule has 0 spiro atoms. The fourth-order valence-electron chi connectivity index (χ4n) is 4.58. The number of ether oxygens (including phenoxy) is 2. The van der Waals surface area contributed by atoms with Crippen molar-refractivity contribution in [2.45, 2.75) is 31.8 Å². The van der Waals surface area contributed by atoms with E-state index in [1.54, 1.807) is 35.2 Å². The topological polar surface area (TPSA) is 108 Å². The van der Waals surface area contributed by atoms with Crippen molar-refractivity contribution in [3.8, 4) is 5.75 Å². The fourth-order valence-corrected chi connectivity index (χ4v) is 4.58. The lowest BCUT2D eigenvalue weighted by atomic mass is 10.1. The Balaban J connectivity index is 1.37. The van der Waals surface area contributed by atoms with Crippen molar-refractivity contribution in [2.24, 2.45) is 0 Å². The lowest BCUT2D eigenvalue weighted by Crippen LogP contribution is -2.55. The third-order valence-corrected chi connectivity index (χ3v) is 6.91. The molecule has 1 heterocycles. The van der Waals surface area contributed by atoms with Gasteiger partial charge in [-0.05, 0) is 11.1 Å². The number of aliphatic hydroxyl groups excluding tert-OH is 1. The van der Waals surface area contributed by atoms with Gasteiger partial charge in [-0.15, -0.1) is 0 Å². The molecule has 13 heteroatoms. The number of β-amino-alcohol motifs (C(OH)–C–C–N with tert-alkyl or cyclic N) is 1. The molecule has 2 N–H and O–H groups in total. The van der Waals surface area contributed by atoms with Gasteiger partial charge < -0.3 is 19.9 Å². The van der Waals surface area contributed by atoms with Gasteiger partial charge in [0.1, 0.15) is 25.5 Å². The second-order valence-electron chi connectivity index (χ2n) is 10.2. The van der Waals surface area contributed by atoms with Crippen LogP contribution >= 0.6 is 0 Å². The van der Waals surface area contributed by atoms with Crippen molar-refractivity contribution >= 4 is 17.7 Å². The van der Waals surface area contributed by atoms with Crippen LogP contribution in [0.1, 0.15) is 17.5 Å². The number of benzene rings is 3. The molecule has 0 aliphatic carbocycles. The predicted octanol–water partition coefficient (Wildman–Crippen LogP) is 2.95. The summed E-state index contributed by atoms with van der Waals surface area (Å²) in [4.78, 5) is 42.0. The van der Waals surface area contributed by atoms with Crippen LogP contribution < -0.4 is 10.1 Å². The van der Waals surface area contributed by atoms with Crippen molar-refractivity contribution in [1.82, 2.24) is 15.1 Å². The average Bonchev–Trinajstić information content (AvgIpc) is 3.01. The number of ketones is 1. The largest absolute Gasteiger partial charge is 0.479 e. The van der Waals surface area contributed by atoms with Crippen LogP contribution in [-0.2, 0) is 32.3 Å². The normalized spacial score (nSPS) is 16.2. The van der Waals surface area contributed by atoms with E-state index >= 15 is 0 Å². The molecule has 2 atom stereocenters. The quantitative estimate of drug-likeness (QED) is 0.171. The predicted molar refractivity (Wildman–Crippen MR) is 149 cm³/mol. The van der Waals surface area contributed by atoms with E-state index in [-0.39, 0.29) is 25.8 Å². The number of hydrogen-bond donors (Lipinski definition) is 2. The molecule has 1 aliphatic rings. The second kappa shape index (κ2) is 15.4. The first-order valence-electron chi connectivity index (χ1n) is 13.8. The van der Waals surface area contributed by atoms with Gasteiger partial charge in [-0.25, -0.2) is 8.78 Å². The Morgan fingerprint density at radius 2 is 1.52 bits per heavy atom. The van der Waals surface area contributed by atoms with Crippen LogP contribution in [0.15, 0.2) is 66.7 Å². The number of halogens is 4. The van der Waals surface area contributed by atoms with E-state index in [4.69, 9.17) is 9.47 Å². The van der Waals surface area contributed by atoms with Gasteiger partial charge in [0.15, 0.2) is 23.2 Å². The third kappa shape index (κ3) is 9.09. The zero-order chi connectivity index (χ0) is 31.6. The van der Waals surface area contributed by atoms with Crippen LogP contribution in [0.25, 0.3) is 0 Å². The molecule has 0 radical (unpaired) electrons. The molecule has 1 amide bonds. The van der Waals surface area contributed by atoms with Gasteiger partial charge in [0.2, 0.25) is 17.5 Å². The molecule has 0 saturated carbocycles.